The highest BCUT2D eigenvalue weighted by Crippen LogP contribution is 2.21. The Morgan fingerprint density at radius 1 is 1.00 bits per heavy atom. The first-order chi connectivity index (χ1) is 15.2. The number of aromatic nitrogens is 6. The maximum absolute atomic E-state index is 12.4. The van der Waals surface area contributed by atoms with E-state index in [9.17, 15) is 4.79 Å². The summed E-state index contributed by atoms with van der Waals surface area (Å²) in [5, 5.41) is 8.66. The van der Waals surface area contributed by atoms with Crippen LogP contribution in [0.2, 0.25) is 0 Å². The highest BCUT2D eigenvalue weighted by Gasteiger charge is 2.09. The van der Waals surface area contributed by atoms with E-state index < -0.39 is 0 Å². The molecule has 5 aromatic rings. The van der Waals surface area contributed by atoms with Gasteiger partial charge >= 0.3 is 0 Å². The lowest BCUT2D eigenvalue weighted by molar-refractivity contribution is 0.582. The first kappa shape index (κ1) is 18.7. The second-order valence-electron chi connectivity index (χ2n) is 7.09. The van der Waals surface area contributed by atoms with Gasteiger partial charge in [-0.3, -0.25) is 9.48 Å². The standard InChI is InChI=1S/C23H18N6O2/c1-28-15-19(14-26-28)29-8-7-21(30)20(27-29)11-16-4-2-5-17(10-16)23-24-12-18(13-25-23)22-6-3-9-31-22/h2-10,12-15H,11H2,1H3. The average Bonchev–Trinajstić information content (AvgIpc) is 3.48. The van der Waals surface area contributed by atoms with E-state index in [0.29, 0.717) is 17.9 Å². The van der Waals surface area contributed by atoms with Crippen molar-refractivity contribution in [3.05, 3.63) is 101 Å². The monoisotopic (exact) mass is 410 g/mol. The van der Waals surface area contributed by atoms with Crippen molar-refractivity contribution in [1.82, 2.24) is 29.5 Å². The van der Waals surface area contributed by atoms with Gasteiger partial charge in [0.05, 0.1) is 24.2 Å². The summed E-state index contributed by atoms with van der Waals surface area (Å²) >= 11 is 0. The molecule has 0 amide bonds. The fraction of sp³-hybridized carbons (Fsp3) is 0.0870. The molecule has 0 atom stereocenters. The van der Waals surface area contributed by atoms with Gasteiger partial charge in [0.15, 0.2) is 5.82 Å². The molecule has 0 saturated carbocycles. The minimum Gasteiger partial charge on any atom is -0.464 e. The molecule has 1 aromatic carbocycles. The third kappa shape index (κ3) is 3.91. The smallest absolute Gasteiger partial charge is 0.203 e. The van der Waals surface area contributed by atoms with Crippen molar-refractivity contribution >= 4 is 0 Å². The Hall–Kier alpha value is -4.33. The Labute approximate surface area is 177 Å². The third-order valence-electron chi connectivity index (χ3n) is 4.85. The molecule has 4 heterocycles. The second kappa shape index (κ2) is 7.83. The molecular weight excluding hydrogens is 392 g/mol. The van der Waals surface area contributed by atoms with E-state index in [1.165, 1.54) is 6.07 Å². The predicted molar refractivity (Wildman–Crippen MR) is 115 cm³/mol. The van der Waals surface area contributed by atoms with E-state index in [1.54, 1.807) is 40.4 Å². The quantitative estimate of drug-likeness (QED) is 0.442. The van der Waals surface area contributed by atoms with E-state index in [1.807, 2.05) is 49.6 Å². The van der Waals surface area contributed by atoms with Crippen LogP contribution in [0, 0.1) is 0 Å². The zero-order valence-corrected chi connectivity index (χ0v) is 16.7. The fourth-order valence-electron chi connectivity index (χ4n) is 3.30. The molecule has 0 saturated heterocycles. The summed E-state index contributed by atoms with van der Waals surface area (Å²) in [5.41, 5.74) is 3.77. The first-order valence-corrected chi connectivity index (χ1v) is 9.69. The number of rotatable bonds is 5. The van der Waals surface area contributed by atoms with Crippen LogP contribution in [0.15, 0.2) is 88.9 Å². The van der Waals surface area contributed by atoms with Crippen molar-refractivity contribution in [1.29, 1.82) is 0 Å². The zero-order valence-electron chi connectivity index (χ0n) is 16.7. The van der Waals surface area contributed by atoms with E-state index in [2.05, 4.69) is 20.2 Å². The molecule has 0 N–H and O–H groups in total. The van der Waals surface area contributed by atoms with E-state index in [4.69, 9.17) is 4.42 Å². The number of hydrogen-bond acceptors (Lipinski definition) is 6. The van der Waals surface area contributed by atoms with Crippen LogP contribution in [0.3, 0.4) is 0 Å². The zero-order chi connectivity index (χ0) is 21.2. The molecule has 8 nitrogen and oxygen atoms in total. The number of hydrogen-bond donors (Lipinski definition) is 0. The van der Waals surface area contributed by atoms with Crippen LogP contribution in [0.5, 0.6) is 0 Å². The van der Waals surface area contributed by atoms with Crippen LogP contribution in [0.1, 0.15) is 11.3 Å². The van der Waals surface area contributed by atoms with Gasteiger partial charge in [-0.1, -0.05) is 18.2 Å². The normalized spacial score (nSPS) is 11.0. The summed E-state index contributed by atoms with van der Waals surface area (Å²) in [5.74, 6) is 1.33. The molecule has 0 bridgehead atoms. The minimum absolute atomic E-state index is 0.107. The van der Waals surface area contributed by atoms with Crippen LogP contribution in [0.25, 0.3) is 28.4 Å². The summed E-state index contributed by atoms with van der Waals surface area (Å²) < 4.78 is 8.73. The maximum Gasteiger partial charge on any atom is 0.203 e. The van der Waals surface area contributed by atoms with Gasteiger partial charge in [0, 0.05) is 43.7 Å². The minimum atomic E-state index is -0.107. The van der Waals surface area contributed by atoms with Gasteiger partial charge in [-0.05, 0) is 23.8 Å². The average molecular weight is 410 g/mol. The van der Waals surface area contributed by atoms with Crippen LogP contribution in [0.4, 0.5) is 0 Å². The van der Waals surface area contributed by atoms with Crippen molar-refractivity contribution in [2.24, 2.45) is 7.05 Å². The molecule has 4 aromatic heterocycles. The van der Waals surface area contributed by atoms with Crippen molar-refractivity contribution in [3.8, 4) is 28.4 Å². The van der Waals surface area contributed by atoms with Crippen LogP contribution in [-0.4, -0.2) is 29.5 Å². The number of nitrogens with zero attached hydrogens (tertiary/aromatic N) is 6. The summed E-state index contributed by atoms with van der Waals surface area (Å²) in [6.07, 6.45) is 10.7. The Morgan fingerprint density at radius 2 is 1.87 bits per heavy atom. The molecule has 152 valence electrons. The Bertz CT molecular complexity index is 1380. The highest BCUT2D eigenvalue weighted by molar-refractivity contribution is 5.60. The topological polar surface area (TPSA) is 91.6 Å². The third-order valence-corrected chi connectivity index (χ3v) is 4.85. The molecule has 0 aliphatic carbocycles. The molecule has 0 aliphatic heterocycles. The number of aryl methyl sites for hydroxylation is 1. The number of furan rings is 1. The van der Waals surface area contributed by atoms with Crippen molar-refractivity contribution in [3.63, 3.8) is 0 Å². The molecule has 0 unspecified atom stereocenters. The molecule has 8 heteroatoms. The van der Waals surface area contributed by atoms with Crippen LogP contribution < -0.4 is 5.43 Å². The van der Waals surface area contributed by atoms with Crippen LogP contribution in [-0.2, 0) is 13.5 Å². The molecule has 5 rings (SSSR count). The Morgan fingerprint density at radius 3 is 2.61 bits per heavy atom. The number of benzene rings is 1. The van der Waals surface area contributed by atoms with Gasteiger partial charge in [-0.2, -0.15) is 10.2 Å². The molecular formula is C23H18N6O2. The SMILES string of the molecule is Cn1cc(-n2ccc(=O)c(Cc3cccc(-c4ncc(-c5ccco5)cn4)c3)n2)cn1. The Balaban J connectivity index is 1.41. The van der Waals surface area contributed by atoms with E-state index >= 15 is 0 Å². The van der Waals surface area contributed by atoms with Crippen molar-refractivity contribution in [2.45, 2.75) is 6.42 Å². The lowest BCUT2D eigenvalue weighted by Gasteiger charge is -2.07. The van der Waals surface area contributed by atoms with Gasteiger partial charge < -0.3 is 4.42 Å². The van der Waals surface area contributed by atoms with E-state index in [0.717, 1.165) is 28.1 Å². The fourth-order valence-corrected chi connectivity index (χ4v) is 3.30. The summed E-state index contributed by atoms with van der Waals surface area (Å²) in [6.45, 7) is 0. The van der Waals surface area contributed by atoms with E-state index in [-0.39, 0.29) is 5.43 Å². The summed E-state index contributed by atoms with van der Waals surface area (Å²) in [6, 6.07) is 13.0. The van der Waals surface area contributed by atoms with Gasteiger partial charge in [0.25, 0.3) is 0 Å². The summed E-state index contributed by atoms with van der Waals surface area (Å²) in [7, 11) is 1.83. The Kier molecular flexibility index (Phi) is 4.72. The van der Waals surface area contributed by atoms with Crippen LogP contribution >= 0.6 is 0 Å². The van der Waals surface area contributed by atoms with Crippen molar-refractivity contribution < 1.29 is 4.42 Å². The molecule has 0 aliphatic rings. The highest BCUT2D eigenvalue weighted by atomic mass is 16.3. The first-order valence-electron chi connectivity index (χ1n) is 9.69. The summed E-state index contributed by atoms with van der Waals surface area (Å²) in [4.78, 5) is 21.3. The maximum atomic E-state index is 12.4. The molecule has 0 spiro atoms. The van der Waals surface area contributed by atoms with Gasteiger partial charge in [0.2, 0.25) is 5.43 Å². The van der Waals surface area contributed by atoms with Crippen molar-refractivity contribution in [2.75, 3.05) is 0 Å². The van der Waals surface area contributed by atoms with Gasteiger partial charge in [0.1, 0.15) is 17.1 Å². The lowest BCUT2D eigenvalue weighted by atomic mass is 10.1. The predicted octanol–water partition coefficient (Wildman–Crippen LogP) is 3.27. The molecule has 0 radical (unpaired) electrons. The lowest BCUT2D eigenvalue weighted by Crippen LogP contribution is -2.16. The van der Waals surface area contributed by atoms with Gasteiger partial charge in [-0.25, -0.2) is 14.6 Å². The largest absolute Gasteiger partial charge is 0.464 e. The second-order valence-corrected chi connectivity index (χ2v) is 7.09. The molecule has 0 fully saturated rings. The molecule has 31 heavy (non-hydrogen) atoms. The van der Waals surface area contributed by atoms with Gasteiger partial charge in [-0.15, -0.1) is 0 Å².